The molecule has 3 heteroatoms. The minimum atomic E-state index is 0.849. The summed E-state index contributed by atoms with van der Waals surface area (Å²) in [4.78, 5) is 7.05. The third-order valence-corrected chi connectivity index (χ3v) is 3.81. The molecular formula is C15H25N3. The Kier molecular flexibility index (Phi) is 5.00. The van der Waals surface area contributed by atoms with Gasteiger partial charge < -0.3 is 10.2 Å². The van der Waals surface area contributed by atoms with Crippen LogP contribution in [0.1, 0.15) is 38.7 Å². The topological polar surface area (TPSA) is 28.2 Å². The van der Waals surface area contributed by atoms with E-state index in [2.05, 4.69) is 41.2 Å². The van der Waals surface area contributed by atoms with Crippen LogP contribution in [0.4, 0.5) is 5.82 Å². The van der Waals surface area contributed by atoms with Crippen LogP contribution in [0.3, 0.4) is 0 Å². The first kappa shape index (κ1) is 13.3. The van der Waals surface area contributed by atoms with Gasteiger partial charge in [0, 0.05) is 25.8 Å². The van der Waals surface area contributed by atoms with Crippen molar-refractivity contribution in [3.05, 3.63) is 23.9 Å². The molecule has 2 rings (SSSR count). The third kappa shape index (κ3) is 3.45. The molecule has 1 aliphatic heterocycles. The number of aromatic nitrogens is 1. The first-order valence-electron chi connectivity index (χ1n) is 7.24. The lowest BCUT2D eigenvalue weighted by Gasteiger charge is -2.33. The second kappa shape index (κ2) is 6.74. The predicted octanol–water partition coefficient (Wildman–Crippen LogP) is 2.82. The quantitative estimate of drug-likeness (QED) is 0.867. The van der Waals surface area contributed by atoms with Gasteiger partial charge in [-0.1, -0.05) is 26.3 Å². The zero-order chi connectivity index (χ0) is 12.8. The van der Waals surface area contributed by atoms with Gasteiger partial charge >= 0.3 is 0 Å². The Morgan fingerprint density at radius 1 is 1.39 bits per heavy atom. The van der Waals surface area contributed by atoms with Gasteiger partial charge in [-0.2, -0.15) is 0 Å². The van der Waals surface area contributed by atoms with Crippen LogP contribution in [0, 0.1) is 5.92 Å². The van der Waals surface area contributed by atoms with Crippen LogP contribution in [-0.2, 0) is 6.54 Å². The summed E-state index contributed by atoms with van der Waals surface area (Å²) in [5.41, 5.74) is 1.27. The van der Waals surface area contributed by atoms with Gasteiger partial charge in [0.2, 0.25) is 0 Å². The first-order chi connectivity index (χ1) is 8.83. The summed E-state index contributed by atoms with van der Waals surface area (Å²) in [6.45, 7) is 8.68. The summed E-state index contributed by atoms with van der Waals surface area (Å²) in [5, 5.41) is 3.33. The highest BCUT2D eigenvalue weighted by molar-refractivity contribution is 5.39. The molecule has 1 aliphatic rings. The summed E-state index contributed by atoms with van der Waals surface area (Å²) in [7, 11) is 0. The van der Waals surface area contributed by atoms with Crippen molar-refractivity contribution in [1.82, 2.24) is 10.3 Å². The maximum absolute atomic E-state index is 4.61. The number of piperidine rings is 1. The SMILES string of the molecule is CCNCc1ccc(N2CCCC(CC)C2)nc1. The number of hydrogen-bond acceptors (Lipinski definition) is 3. The van der Waals surface area contributed by atoms with Crippen molar-refractivity contribution in [3.8, 4) is 0 Å². The number of nitrogens with one attached hydrogen (secondary N) is 1. The van der Waals surface area contributed by atoms with E-state index in [-0.39, 0.29) is 0 Å². The van der Waals surface area contributed by atoms with Crippen molar-refractivity contribution >= 4 is 5.82 Å². The van der Waals surface area contributed by atoms with E-state index in [0.717, 1.165) is 31.4 Å². The molecular weight excluding hydrogens is 222 g/mol. The highest BCUT2D eigenvalue weighted by atomic mass is 15.2. The van der Waals surface area contributed by atoms with Crippen LogP contribution in [0.25, 0.3) is 0 Å². The summed E-state index contributed by atoms with van der Waals surface area (Å²) in [5.74, 6) is 2.00. The Morgan fingerprint density at radius 3 is 2.94 bits per heavy atom. The Morgan fingerprint density at radius 2 is 2.28 bits per heavy atom. The molecule has 100 valence electrons. The Hall–Kier alpha value is -1.09. The molecule has 1 aromatic rings. The maximum atomic E-state index is 4.61. The molecule has 0 bridgehead atoms. The zero-order valence-corrected chi connectivity index (χ0v) is 11.7. The van der Waals surface area contributed by atoms with E-state index >= 15 is 0 Å². The molecule has 0 radical (unpaired) electrons. The molecule has 1 fully saturated rings. The standard InChI is InChI=1S/C15H25N3/c1-3-13-6-5-9-18(12-13)15-8-7-14(11-17-15)10-16-4-2/h7-8,11,13,16H,3-6,9-10,12H2,1-2H3. The van der Waals surface area contributed by atoms with E-state index in [4.69, 9.17) is 0 Å². The first-order valence-corrected chi connectivity index (χ1v) is 7.24. The van der Waals surface area contributed by atoms with E-state index < -0.39 is 0 Å². The van der Waals surface area contributed by atoms with Crippen molar-refractivity contribution in [2.45, 2.75) is 39.7 Å². The van der Waals surface area contributed by atoms with Crippen LogP contribution in [0.2, 0.25) is 0 Å². The molecule has 1 aromatic heterocycles. The highest BCUT2D eigenvalue weighted by Gasteiger charge is 2.19. The number of pyridine rings is 1. The minimum Gasteiger partial charge on any atom is -0.356 e. The lowest BCUT2D eigenvalue weighted by atomic mass is 9.96. The average molecular weight is 247 g/mol. The summed E-state index contributed by atoms with van der Waals surface area (Å²) in [6, 6.07) is 4.37. The molecule has 3 nitrogen and oxygen atoms in total. The molecule has 0 amide bonds. The molecule has 0 saturated carbocycles. The smallest absolute Gasteiger partial charge is 0.128 e. The Labute approximate surface area is 111 Å². The molecule has 2 heterocycles. The normalized spacial score (nSPS) is 20.1. The van der Waals surface area contributed by atoms with Gasteiger partial charge in [0.1, 0.15) is 5.82 Å². The fourth-order valence-corrected chi connectivity index (χ4v) is 2.58. The van der Waals surface area contributed by atoms with Gasteiger partial charge in [0.15, 0.2) is 0 Å². The van der Waals surface area contributed by atoms with Crippen molar-refractivity contribution < 1.29 is 0 Å². The molecule has 18 heavy (non-hydrogen) atoms. The van der Waals surface area contributed by atoms with Gasteiger partial charge in [-0.3, -0.25) is 0 Å². The third-order valence-electron chi connectivity index (χ3n) is 3.81. The Balaban J connectivity index is 1.96. The van der Waals surface area contributed by atoms with E-state index in [1.165, 1.54) is 31.4 Å². The average Bonchev–Trinajstić information content (AvgIpc) is 2.46. The highest BCUT2D eigenvalue weighted by Crippen LogP contribution is 2.23. The van der Waals surface area contributed by atoms with Crippen LogP contribution in [0.15, 0.2) is 18.3 Å². The molecule has 0 aliphatic carbocycles. The molecule has 1 saturated heterocycles. The van der Waals surface area contributed by atoms with Crippen LogP contribution in [-0.4, -0.2) is 24.6 Å². The lowest BCUT2D eigenvalue weighted by molar-refractivity contribution is 0.403. The predicted molar refractivity (Wildman–Crippen MR) is 76.8 cm³/mol. The summed E-state index contributed by atoms with van der Waals surface area (Å²) in [6.07, 6.45) is 5.98. The van der Waals surface area contributed by atoms with Crippen LogP contribution >= 0.6 is 0 Å². The fourth-order valence-electron chi connectivity index (χ4n) is 2.58. The minimum absolute atomic E-state index is 0.849. The number of hydrogen-bond donors (Lipinski definition) is 1. The molecule has 0 spiro atoms. The van der Waals surface area contributed by atoms with Crippen LogP contribution in [0.5, 0.6) is 0 Å². The van der Waals surface area contributed by atoms with Gasteiger partial charge in [-0.05, 0) is 36.9 Å². The van der Waals surface area contributed by atoms with Crippen LogP contribution < -0.4 is 10.2 Å². The number of nitrogens with zero attached hydrogens (tertiary/aromatic N) is 2. The number of rotatable bonds is 5. The second-order valence-electron chi connectivity index (χ2n) is 5.17. The monoisotopic (exact) mass is 247 g/mol. The fraction of sp³-hybridized carbons (Fsp3) is 0.667. The van der Waals surface area contributed by atoms with Gasteiger partial charge in [-0.15, -0.1) is 0 Å². The van der Waals surface area contributed by atoms with E-state index in [9.17, 15) is 0 Å². The molecule has 1 N–H and O–H groups in total. The second-order valence-corrected chi connectivity index (χ2v) is 5.17. The van der Waals surface area contributed by atoms with Gasteiger partial charge in [0.25, 0.3) is 0 Å². The maximum Gasteiger partial charge on any atom is 0.128 e. The van der Waals surface area contributed by atoms with Crippen molar-refractivity contribution in [2.75, 3.05) is 24.5 Å². The Bertz CT molecular complexity index is 347. The van der Waals surface area contributed by atoms with Crippen molar-refractivity contribution in [3.63, 3.8) is 0 Å². The van der Waals surface area contributed by atoms with Gasteiger partial charge in [-0.25, -0.2) is 4.98 Å². The zero-order valence-electron chi connectivity index (χ0n) is 11.7. The van der Waals surface area contributed by atoms with E-state index in [0.29, 0.717) is 0 Å². The van der Waals surface area contributed by atoms with E-state index in [1.54, 1.807) is 0 Å². The molecule has 0 aromatic carbocycles. The summed E-state index contributed by atoms with van der Waals surface area (Å²) >= 11 is 0. The summed E-state index contributed by atoms with van der Waals surface area (Å²) < 4.78 is 0. The van der Waals surface area contributed by atoms with Gasteiger partial charge in [0.05, 0.1) is 0 Å². The largest absolute Gasteiger partial charge is 0.356 e. The lowest BCUT2D eigenvalue weighted by Crippen LogP contribution is -2.35. The van der Waals surface area contributed by atoms with Crippen molar-refractivity contribution in [1.29, 1.82) is 0 Å². The number of anilines is 1. The van der Waals surface area contributed by atoms with Crippen molar-refractivity contribution in [2.24, 2.45) is 5.92 Å². The molecule has 1 unspecified atom stereocenters. The van der Waals surface area contributed by atoms with E-state index in [1.807, 2.05) is 6.20 Å². The molecule has 1 atom stereocenters.